The maximum Gasteiger partial charge on any atom is 0.315 e. The number of urea groups is 1. The molecule has 0 fully saturated rings. The summed E-state index contributed by atoms with van der Waals surface area (Å²) < 4.78 is 18.5. The lowest BCUT2D eigenvalue weighted by Gasteiger charge is -2.20. The van der Waals surface area contributed by atoms with Gasteiger partial charge >= 0.3 is 6.03 Å². The Bertz CT molecular complexity index is 702. The fourth-order valence-corrected chi connectivity index (χ4v) is 3.14. The number of hydrogen-bond acceptors (Lipinski definition) is 3. The molecule has 1 aliphatic rings. The zero-order valence-corrected chi connectivity index (χ0v) is 13.5. The molecule has 0 saturated carbocycles. The molecule has 0 saturated heterocycles. The van der Waals surface area contributed by atoms with E-state index in [0.717, 1.165) is 24.0 Å². The van der Waals surface area contributed by atoms with Crippen molar-refractivity contribution in [1.82, 2.24) is 10.6 Å². The summed E-state index contributed by atoms with van der Waals surface area (Å²) in [5.41, 5.74) is 1.91. The summed E-state index contributed by atoms with van der Waals surface area (Å²) in [7, 11) is 0. The van der Waals surface area contributed by atoms with Crippen LogP contribution in [0.5, 0.6) is 0 Å². The lowest BCUT2D eigenvalue weighted by atomic mass is 10.1. The van der Waals surface area contributed by atoms with Gasteiger partial charge in [0.15, 0.2) is 0 Å². The van der Waals surface area contributed by atoms with Crippen LogP contribution in [0.15, 0.2) is 41.0 Å². The number of furan rings is 1. The number of benzene rings is 1. The molecule has 2 amide bonds. The molecule has 0 bridgehead atoms. The SMILES string of the molecule is C[C@H](C[C@@H](O)c1ccco1)NC(=O)N[C@@H]1CCc2ccc(F)cc21. The van der Waals surface area contributed by atoms with Crippen molar-refractivity contribution in [2.75, 3.05) is 0 Å². The minimum absolute atomic E-state index is 0.183. The summed E-state index contributed by atoms with van der Waals surface area (Å²) in [4.78, 5) is 12.2. The fourth-order valence-electron chi connectivity index (χ4n) is 3.14. The number of hydrogen-bond donors (Lipinski definition) is 3. The molecular weight excluding hydrogens is 311 g/mol. The van der Waals surface area contributed by atoms with Gasteiger partial charge in [-0.25, -0.2) is 9.18 Å². The molecule has 24 heavy (non-hydrogen) atoms. The standard InChI is InChI=1S/C18H21FN2O3/c1-11(9-16(22)17-3-2-8-24-17)20-18(23)21-15-7-5-12-4-6-13(19)10-14(12)15/h2-4,6,8,10-11,15-16,22H,5,7,9H2,1H3,(H2,20,21,23)/t11-,15-,16-/m1/s1. The molecular formula is C18H21FN2O3. The summed E-state index contributed by atoms with van der Waals surface area (Å²) in [5.74, 6) is 0.182. The second-order valence-corrected chi connectivity index (χ2v) is 6.22. The number of carbonyl (C=O) groups excluding carboxylic acids is 1. The first-order valence-electron chi connectivity index (χ1n) is 8.09. The van der Waals surface area contributed by atoms with Gasteiger partial charge in [0, 0.05) is 12.5 Å². The van der Waals surface area contributed by atoms with Crippen molar-refractivity contribution in [3.05, 3.63) is 59.3 Å². The van der Waals surface area contributed by atoms with Crippen LogP contribution in [0.2, 0.25) is 0 Å². The van der Waals surface area contributed by atoms with Gasteiger partial charge in [-0.05, 0) is 55.2 Å². The number of aliphatic hydroxyl groups excluding tert-OH is 1. The topological polar surface area (TPSA) is 74.5 Å². The average Bonchev–Trinajstić information content (AvgIpc) is 3.17. The Morgan fingerprint density at radius 1 is 1.46 bits per heavy atom. The van der Waals surface area contributed by atoms with Crippen molar-refractivity contribution in [2.45, 2.75) is 44.4 Å². The number of carbonyl (C=O) groups is 1. The number of rotatable bonds is 5. The van der Waals surface area contributed by atoms with Gasteiger partial charge in [0.2, 0.25) is 0 Å². The molecule has 0 unspecified atom stereocenters. The quantitative estimate of drug-likeness (QED) is 0.787. The molecule has 128 valence electrons. The van der Waals surface area contributed by atoms with Crippen LogP contribution in [0, 0.1) is 5.82 Å². The predicted molar refractivity (Wildman–Crippen MR) is 86.9 cm³/mol. The monoisotopic (exact) mass is 332 g/mol. The normalized spacial score (nSPS) is 18.7. The Kier molecular flexibility index (Phi) is 4.85. The fraction of sp³-hybridized carbons (Fsp3) is 0.389. The first-order chi connectivity index (χ1) is 11.5. The summed E-state index contributed by atoms with van der Waals surface area (Å²) in [6, 6.07) is 7.36. The molecule has 1 heterocycles. The van der Waals surface area contributed by atoms with E-state index in [4.69, 9.17) is 4.42 Å². The number of aliphatic hydroxyl groups is 1. The first kappa shape index (κ1) is 16.5. The van der Waals surface area contributed by atoms with E-state index in [1.165, 1.54) is 18.4 Å². The second-order valence-electron chi connectivity index (χ2n) is 6.22. The van der Waals surface area contributed by atoms with Crippen LogP contribution in [-0.2, 0) is 6.42 Å². The average molecular weight is 332 g/mol. The third-order valence-corrected chi connectivity index (χ3v) is 4.32. The van der Waals surface area contributed by atoms with Crippen LogP contribution < -0.4 is 10.6 Å². The molecule has 1 aromatic carbocycles. The minimum Gasteiger partial charge on any atom is -0.467 e. The number of nitrogens with one attached hydrogen (secondary N) is 2. The van der Waals surface area contributed by atoms with Gasteiger partial charge in [0.1, 0.15) is 17.7 Å². The molecule has 2 aromatic rings. The van der Waals surface area contributed by atoms with Gasteiger partial charge in [-0.1, -0.05) is 6.07 Å². The van der Waals surface area contributed by atoms with Crippen LogP contribution in [0.25, 0.3) is 0 Å². The van der Waals surface area contributed by atoms with E-state index in [1.54, 1.807) is 18.2 Å². The van der Waals surface area contributed by atoms with Gasteiger partial charge in [-0.2, -0.15) is 0 Å². The summed E-state index contributed by atoms with van der Waals surface area (Å²) >= 11 is 0. The highest BCUT2D eigenvalue weighted by Crippen LogP contribution is 2.31. The van der Waals surface area contributed by atoms with E-state index in [1.807, 2.05) is 6.92 Å². The largest absolute Gasteiger partial charge is 0.467 e. The van der Waals surface area contributed by atoms with E-state index in [0.29, 0.717) is 12.2 Å². The minimum atomic E-state index is -0.767. The van der Waals surface area contributed by atoms with Crippen molar-refractivity contribution in [1.29, 1.82) is 0 Å². The molecule has 0 spiro atoms. The number of amides is 2. The molecule has 6 heteroatoms. The molecule has 3 rings (SSSR count). The molecule has 3 N–H and O–H groups in total. The van der Waals surface area contributed by atoms with Gasteiger partial charge in [-0.15, -0.1) is 0 Å². The summed E-state index contributed by atoms with van der Waals surface area (Å²) in [6.07, 6.45) is 2.66. The van der Waals surface area contributed by atoms with E-state index in [9.17, 15) is 14.3 Å². The van der Waals surface area contributed by atoms with Crippen LogP contribution >= 0.6 is 0 Å². The Labute approximate surface area is 139 Å². The Morgan fingerprint density at radius 2 is 2.29 bits per heavy atom. The first-order valence-corrected chi connectivity index (χ1v) is 8.09. The summed E-state index contributed by atoms with van der Waals surface area (Å²) in [5, 5.41) is 15.7. The van der Waals surface area contributed by atoms with Crippen LogP contribution in [0.4, 0.5) is 9.18 Å². The molecule has 0 aliphatic heterocycles. The van der Waals surface area contributed by atoms with Crippen molar-refractivity contribution in [2.24, 2.45) is 0 Å². The van der Waals surface area contributed by atoms with Crippen molar-refractivity contribution in [3.8, 4) is 0 Å². The third-order valence-electron chi connectivity index (χ3n) is 4.32. The smallest absolute Gasteiger partial charge is 0.315 e. The Hall–Kier alpha value is -2.34. The van der Waals surface area contributed by atoms with Crippen LogP contribution in [0.1, 0.15) is 48.8 Å². The zero-order valence-electron chi connectivity index (χ0n) is 13.5. The van der Waals surface area contributed by atoms with Crippen molar-refractivity contribution in [3.63, 3.8) is 0 Å². The van der Waals surface area contributed by atoms with E-state index < -0.39 is 6.10 Å². The Morgan fingerprint density at radius 3 is 3.04 bits per heavy atom. The van der Waals surface area contributed by atoms with Gasteiger partial charge < -0.3 is 20.2 Å². The lowest BCUT2D eigenvalue weighted by molar-refractivity contribution is 0.129. The summed E-state index contributed by atoms with van der Waals surface area (Å²) in [6.45, 7) is 1.81. The second kappa shape index (κ2) is 7.05. The van der Waals surface area contributed by atoms with Crippen LogP contribution in [-0.4, -0.2) is 17.2 Å². The highest BCUT2D eigenvalue weighted by atomic mass is 19.1. The van der Waals surface area contributed by atoms with Crippen LogP contribution in [0.3, 0.4) is 0 Å². The van der Waals surface area contributed by atoms with Gasteiger partial charge in [-0.3, -0.25) is 0 Å². The van der Waals surface area contributed by atoms with E-state index in [-0.39, 0.29) is 23.9 Å². The molecule has 0 radical (unpaired) electrons. The molecule has 5 nitrogen and oxygen atoms in total. The molecule has 1 aliphatic carbocycles. The van der Waals surface area contributed by atoms with Gasteiger partial charge in [0.25, 0.3) is 0 Å². The maximum atomic E-state index is 13.4. The molecule has 1 aromatic heterocycles. The number of aryl methyl sites for hydroxylation is 1. The third kappa shape index (κ3) is 3.76. The molecule has 3 atom stereocenters. The predicted octanol–water partition coefficient (Wildman–Crippen LogP) is 3.22. The van der Waals surface area contributed by atoms with Crippen molar-refractivity contribution < 1.29 is 18.7 Å². The van der Waals surface area contributed by atoms with E-state index in [2.05, 4.69) is 10.6 Å². The Balaban J connectivity index is 1.52. The number of halogens is 1. The number of fused-ring (bicyclic) bond motifs is 1. The highest BCUT2D eigenvalue weighted by Gasteiger charge is 2.25. The lowest BCUT2D eigenvalue weighted by Crippen LogP contribution is -2.42. The zero-order chi connectivity index (χ0) is 17.1. The maximum absolute atomic E-state index is 13.4. The highest BCUT2D eigenvalue weighted by molar-refractivity contribution is 5.75. The van der Waals surface area contributed by atoms with Crippen molar-refractivity contribution >= 4 is 6.03 Å². The van der Waals surface area contributed by atoms with E-state index >= 15 is 0 Å². The van der Waals surface area contributed by atoms with Gasteiger partial charge in [0.05, 0.1) is 12.3 Å².